The van der Waals surface area contributed by atoms with E-state index in [1.54, 1.807) is 7.11 Å². The monoisotopic (exact) mass is 354 g/mol. The van der Waals surface area contributed by atoms with Gasteiger partial charge in [-0.1, -0.05) is 29.8 Å². The van der Waals surface area contributed by atoms with Crippen molar-refractivity contribution in [2.45, 2.75) is 18.9 Å². The van der Waals surface area contributed by atoms with Gasteiger partial charge in [-0.2, -0.15) is 0 Å². The molecule has 0 saturated heterocycles. The molecule has 0 spiro atoms. The Morgan fingerprint density at radius 1 is 1.10 bits per heavy atom. The molecule has 2 rings (SSSR count). The van der Waals surface area contributed by atoms with Crippen LogP contribution >= 0.6 is 27.5 Å². The lowest BCUT2D eigenvalue weighted by Gasteiger charge is -2.12. The molecule has 2 nitrogen and oxygen atoms in total. The van der Waals surface area contributed by atoms with E-state index in [-0.39, 0.29) is 0 Å². The van der Waals surface area contributed by atoms with Crippen molar-refractivity contribution in [2.75, 3.05) is 7.11 Å². The summed E-state index contributed by atoms with van der Waals surface area (Å²) in [6.45, 7) is 0. The van der Waals surface area contributed by atoms with Gasteiger partial charge >= 0.3 is 0 Å². The van der Waals surface area contributed by atoms with E-state index in [4.69, 9.17) is 16.3 Å². The fraction of sp³-hybridized carbons (Fsp3) is 0.250. The van der Waals surface area contributed by atoms with Gasteiger partial charge in [0.05, 0.1) is 17.7 Å². The first-order valence-electron chi connectivity index (χ1n) is 6.33. The van der Waals surface area contributed by atoms with E-state index < -0.39 is 6.10 Å². The molecule has 106 valence electrons. The van der Waals surface area contributed by atoms with Gasteiger partial charge in [-0.3, -0.25) is 0 Å². The fourth-order valence-corrected chi connectivity index (χ4v) is 2.79. The summed E-state index contributed by atoms with van der Waals surface area (Å²) in [6.07, 6.45) is 0.794. The van der Waals surface area contributed by atoms with Crippen molar-refractivity contribution in [1.82, 2.24) is 0 Å². The molecule has 0 aliphatic rings. The van der Waals surface area contributed by atoms with E-state index in [1.807, 2.05) is 42.5 Å². The predicted octanol–water partition coefficient (Wildman–Crippen LogP) is 4.26. The van der Waals surface area contributed by atoms with Crippen molar-refractivity contribution >= 4 is 27.5 Å². The minimum Gasteiger partial charge on any atom is -0.496 e. The molecule has 0 aliphatic heterocycles. The third kappa shape index (κ3) is 4.23. The molecule has 0 radical (unpaired) electrons. The number of hydrogen-bond acceptors (Lipinski definition) is 2. The quantitative estimate of drug-likeness (QED) is 0.868. The second-order valence-electron chi connectivity index (χ2n) is 4.66. The van der Waals surface area contributed by atoms with Crippen molar-refractivity contribution in [3.05, 3.63) is 63.1 Å². The van der Waals surface area contributed by atoms with E-state index in [0.29, 0.717) is 17.9 Å². The van der Waals surface area contributed by atoms with Crippen molar-refractivity contribution in [2.24, 2.45) is 0 Å². The van der Waals surface area contributed by atoms with Gasteiger partial charge in [-0.25, -0.2) is 0 Å². The van der Waals surface area contributed by atoms with E-state index >= 15 is 0 Å². The number of rotatable bonds is 5. The lowest BCUT2D eigenvalue weighted by molar-refractivity contribution is 0.175. The Hall–Kier alpha value is -1.03. The summed E-state index contributed by atoms with van der Waals surface area (Å²) >= 11 is 9.30. The molecule has 1 N–H and O–H groups in total. The summed E-state index contributed by atoms with van der Waals surface area (Å²) in [5.74, 6) is 0.793. The van der Waals surface area contributed by atoms with E-state index in [0.717, 1.165) is 21.3 Å². The number of methoxy groups -OCH3 is 1. The van der Waals surface area contributed by atoms with Gasteiger partial charge in [0, 0.05) is 5.02 Å². The normalized spacial score (nSPS) is 12.2. The maximum absolute atomic E-state index is 10.2. The SMILES string of the molecule is COc1ccc(CC(O)Cc2ccc(Cl)cc2)cc1Br. The van der Waals surface area contributed by atoms with Gasteiger partial charge in [0.25, 0.3) is 0 Å². The number of benzene rings is 2. The fourth-order valence-electron chi connectivity index (χ4n) is 2.07. The van der Waals surface area contributed by atoms with Crippen LogP contribution < -0.4 is 4.74 Å². The molecule has 0 aromatic heterocycles. The van der Waals surface area contributed by atoms with Crippen LogP contribution in [0, 0.1) is 0 Å². The number of aliphatic hydroxyl groups excluding tert-OH is 1. The zero-order valence-electron chi connectivity index (χ0n) is 11.1. The number of halogens is 2. The van der Waals surface area contributed by atoms with E-state index in [9.17, 15) is 5.11 Å². The minimum absolute atomic E-state index is 0.420. The maximum atomic E-state index is 10.2. The lowest BCUT2D eigenvalue weighted by atomic mass is 10.0. The predicted molar refractivity (Wildman–Crippen MR) is 85.6 cm³/mol. The van der Waals surface area contributed by atoms with Gasteiger partial charge in [0.15, 0.2) is 0 Å². The number of aliphatic hydroxyl groups is 1. The molecular formula is C16H16BrClO2. The highest BCUT2D eigenvalue weighted by Gasteiger charge is 2.09. The Morgan fingerprint density at radius 3 is 2.30 bits per heavy atom. The average Bonchev–Trinajstić information content (AvgIpc) is 2.41. The summed E-state index contributed by atoms with van der Waals surface area (Å²) in [6, 6.07) is 13.4. The zero-order valence-corrected chi connectivity index (χ0v) is 13.5. The molecular weight excluding hydrogens is 340 g/mol. The van der Waals surface area contributed by atoms with Crippen LogP contribution in [0.1, 0.15) is 11.1 Å². The Labute approximate surface area is 132 Å². The standard InChI is InChI=1S/C16H16BrClO2/c1-20-16-7-4-12(10-15(16)17)9-14(19)8-11-2-5-13(18)6-3-11/h2-7,10,14,19H,8-9H2,1H3. The van der Waals surface area contributed by atoms with Crippen LogP contribution in [0.5, 0.6) is 5.75 Å². The van der Waals surface area contributed by atoms with Gasteiger partial charge in [0.2, 0.25) is 0 Å². The second-order valence-corrected chi connectivity index (χ2v) is 5.95. The van der Waals surface area contributed by atoms with Crippen LogP contribution in [0.25, 0.3) is 0 Å². The van der Waals surface area contributed by atoms with Gasteiger partial charge in [-0.05, 0) is 64.2 Å². The summed E-state index contributed by atoms with van der Waals surface area (Å²) in [4.78, 5) is 0. The zero-order chi connectivity index (χ0) is 14.5. The smallest absolute Gasteiger partial charge is 0.133 e. The van der Waals surface area contributed by atoms with Gasteiger partial charge in [-0.15, -0.1) is 0 Å². The highest BCUT2D eigenvalue weighted by Crippen LogP contribution is 2.26. The topological polar surface area (TPSA) is 29.5 Å². The molecule has 20 heavy (non-hydrogen) atoms. The van der Waals surface area contributed by atoms with Crippen LogP contribution in [-0.2, 0) is 12.8 Å². The van der Waals surface area contributed by atoms with Crippen molar-refractivity contribution < 1.29 is 9.84 Å². The van der Waals surface area contributed by atoms with Gasteiger partial charge < -0.3 is 9.84 Å². The maximum Gasteiger partial charge on any atom is 0.133 e. The Bertz CT molecular complexity index is 569. The molecule has 2 aromatic rings. The number of ether oxygens (including phenoxy) is 1. The van der Waals surface area contributed by atoms with Crippen molar-refractivity contribution in [1.29, 1.82) is 0 Å². The second kappa shape index (κ2) is 7.11. The summed E-state index contributed by atoms with van der Waals surface area (Å²) in [5, 5.41) is 10.9. The average molecular weight is 356 g/mol. The molecule has 0 fully saturated rings. The molecule has 0 heterocycles. The first-order chi connectivity index (χ1) is 9.58. The third-order valence-electron chi connectivity index (χ3n) is 3.07. The van der Waals surface area contributed by atoms with Crippen LogP contribution in [0.15, 0.2) is 46.9 Å². The minimum atomic E-state index is -0.420. The van der Waals surface area contributed by atoms with Crippen LogP contribution in [0.4, 0.5) is 0 Å². The molecule has 2 aromatic carbocycles. The molecule has 0 bridgehead atoms. The Kier molecular flexibility index (Phi) is 5.46. The van der Waals surface area contributed by atoms with Crippen LogP contribution in [0.3, 0.4) is 0 Å². The summed E-state index contributed by atoms with van der Waals surface area (Å²) < 4.78 is 6.09. The number of hydrogen-bond donors (Lipinski definition) is 1. The summed E-state index contributed by atoms with van der Waals surface area (Å²) in [5.41, 5.74) is 2.15. The molecule has 0 aliphatic carbocycles. The molecule has 1 unspecified atom stereocenters. The van der Waals surface area contributed by atoms with Crippen LogP contribution in [0.2, 0.25) is 5.02 Å². The largest absolute Gasteiger partial charge is 0.496 e. The highest BCUT2D eigenvalue weighted by atomic mass is 79.9. The first-order valence-corrected chi connectivity index (χ1v) is 7.50. The highest BCUT2D eigenvalue weighted by molar-refractivity contribution is 9.10. The van der Waals surface area contributed by atoms with E-state index in [2.05, 4.69) is 15.9 Å². The molecule has 1 atom stereocenters. The van der Waals surface area contributed by atoms with Crippen molar-refractivity contribution in [3.8, 4) is 5.75 Å². The molecule has 0 saturated carbocycles. The Morgan fingerprint density at radius 2 is 1.70 bits per heavy atom. The van der Waals surface area contributed by atoms with Crippen LogP contribution in [-0.4, -0.2) is 18.3 Å². The third-order valence-corrected chi connectivity index (χ3v) is 3.94. The molecule has 0 amide bonds. The molecule has 4 heteroatoms. The van der Waals surface area contributed by atoms with Crippen molar-refractivity contribution in [3.63, 3.8) is 0 Å². The Balaban J connectivity index is 1.99. The van der Waals surface area contributed by atoms with E-state index in [1.165, 1.54) is 0 Å². The van der Waals surface area contributed by atoms with Gasteiger partial charge in [0.1, 0.15) is 5.75 Å². The summed E-state index contributed by atoms with van der Waals surface area (Å²) in [7, 11) is 1.63. The first kappa shape index (κ1) is 15.4. The lowest BCUT2D eigenvalue weighted by Crippen LogP contribution is -2.13.